The minimum Gasteiger partial charge on any atom is -0.465 e. The van der Waals surface area contributed by atoms with Crippen LogP contribution < -0.4 is 4.90 Å². The van der Waals surface area contributed by atoms with Gasteiger partial charge in [-0.2, -0.15) is 13.2 Å². The zero-order valence-electron chi connectivity index (χ0n) is 10.0. The molecule has 19 heavy (non-hydrogen) atoms. The van der Waals surface area contributed by atoms with Crippen molar-refractivity contribution in [3.05, 3.63) is 29.8 Å². The van der Waals surface area contributed by atoms with E-state index in [4.69, 9.17) is 5.11 Å². The number of carboxylic acid groups (broad SMARTS) is 1. The highest BCUT2D eigenvalue weighted by Gasteiger charge is 2.30. The van der Waals surface area contributed by atoms with Crippen molar-refractivity contribution in [1.82, 2.24) is 4.90 Å². The summed E-state index contributed by atoms with van der Waals surface area (Å²) in [6.45, 7) is 1.68. The van der Waals surface area contributed by atoms with Crippen LogP contribution in [0.3, 0.4) is 0 Å². The van der Waals surface area contributed by atoms with Gasteiger partial charge >= 0.3 is 12.3 Å². The molecule has 0 saturated carbocycles. The predicted molar refractivity (Wildman–Crippen MR) is 63.3 cm³/mol. The minimum absolute atomic E-state index is 0.357. The Kier molecular flexibility index (Phi) is 3.55. The number of carbonyl (C=O) groups is 1. The van der Waals surface area contributed by atoms with E-state index in [1.165, 1.54) is 17.0 Å². The second kappa shape index (κ2) is 4.99. The topological polar surface area (TPSA) is 43.8 Å². The predicted octanol–water partition coefficient (Wildman–Crippen LogP) is 2.51. The molecule has 1 heterocycles. The van der Waals surface area contributed by atoms with Gasteiger partial charge in [-0.25, -0.2) is 4.79 Å². The zero-order valence-corrected chi connectivity index (χ0v) is 10.0. The molecule has 1 N–H and O–H groups in total. The number of piperazine rings is 1. The summed E-state index contributed by atoms with van der Waals surface area (Å²) in [6, 6.07) is 4.91. The van der Waals surface area contributed by atoms with Crippen molar-refractivity contribution in [2.24, 2.45) is 0 Å². The Morgan fingerprint density at radius 1 is 1.05 bits per heavy atom. The van der Waals surface area contributed by atoms with Crippen LogP contribution in [0.2, 0.25) is 0 Å². The molecule has 1 aliphatic rings. The maximum atomic E-state index is 12.4. The van der Waals surface area contributed by atoms with Gasteiger partial charge in [0.25, 0.3) is 0 Å². The van der Waals surface area contributed by atoms with Gasteiger partial charge in [0.2, 0.25) is 0 Å². The van der Waals surface area contributed by atoms with Crippen molar-refractivity contribution < 1.29 is 23.1 Å². The summed E-state index contributed by atoms with van der Waals surface area (Å²) in [5.74, 6) is 0. The zero-order chi connectivity index (χ0) is 14.0. The molecule has 0 bridgehead atoms. The Bertz CT molecular complexity index is 451. The highest BCUT2D eigenvalue weighted by molar-refractivity contribution is 5.65. The molecule has 1 fully saturated rings. The third-order valence-corrected chi connectivity index (χ3v) is 3.11. The van der Waals surface area contributed by atoms with Crippen LogP contribution in [0.25, 0.3) is 0 Å². The Balaban J connectivity index is 2.02. The Labute approximate surface area is 108 Å². The number of anilines is 1. The summed E-state index contributed by atoms with van der Waals surface area (Å²) in [7, 11) is 0. The lowest BCUT2D eigenvalue weighted by molar-refractivity contribution is -0.137. The fourth-order valence-electron chi connectivity index (χ4n) is 2.02. The maximum Gasteiger partial charge on any atom is 0.416 e. The van der Waals surface area contributed by atoms with E-state index in [9.17, 15) is 18.0 Å². The van der Waals surface area contributed by atoms with Crippen molar-refractivity contribution in [2.75, 3.05) is 31.1 Å². The van der Waals surface area contributed by atoms with E-state index in [2.05, 4.69) is 0 Å². The molecule has 0 radical (unpaired) electrons. The van der Waals surface area contributed by atoms with Crippen LogP contribution in [0.15, 0.2) is 24.3 Å². The SMILES string of the molecule is O=C(O)N1CCN(c2ccc(C(F)(F)F)cc2)CC1. The average Bonchev–Trinajstić information content (AvgIpc) is 2.38. The van der Waals surface area contributed by atoms with E-state index < -0.39 is 17.8 Å². The Hall–Kier alpha value is -1.92. The first kappa shape index (κ1) is 13.5. The molecule has 1 amide bonds. The third-order valence-electron chi connectivity index (χ3n) is 3.11. The van der Waals surface area contributed by atoms with Crippen molar-refractivity contribution in [3.63, 3.8) is 0 Å². The van der Waals surface area contributed by atoms with Crippen molar-refractivity contribution >= 4 is 11.8 Å². The van der Waals surface area contributed by atoms with Crippen LogP contribution in [0.4, 0.5) is 23.7 Å². The van der Waals surface area contributed by atoms with Crippen LogP contribution in [0.5, 0.6) is 0 Å². The average molecular weight is 274 g/mol. The first-order valence-electron chi connectivity index (χ1n) is 5.78. The number of amides is 1. The number of hydrogen-bond donors (Lipinski definition) is 1. The quantitative estimate of drug-likeness (QED) is 0.855. The summed E-state index contributed by atoms with van der Waals surface area (Å²) in [5.41, 5.74) is -0.00143. The fraction of sp³-hybridized carbons (Fsp3) is 0.417. The molecule has 0 atom stereocenters. The monoisotopic (exact) mass is 274 g/mol. The largest absolute Gasteiger partial charge is 0.465 e. The Morgan fingerprint density at radius 3 is 2.00 bits per heavy atom. The van der Waals surface area contributed by atoms with E-state index in [1.54, 1.807) is 0 Å². The molecule has 4 nitrogen and oxygen atoms in total. The fourth-order valence-corrected chi connectivity index (χ4v) is 2.02. The molecule has 1 aliphatic heterocycles. The molecular formula is C12H13F3N2O2. The van der Waals surface area contributed by atoms with E-state index in [1.807, 2.05) is 4.90 Å². The van der Waals surface area contributed by atoms with Gasteiger partial charge in [0.05, 0.1) is 5.56 Å². The van der Waals surface area contributed by atoms with Crippen LogP contribution in [0.1, 0.15) is 5.56 Å². The number of halogens is 3. The normalized spacial score (nSPS) is 16.6. The van der Waals surface area contributed by atoms with E-state index in [0.29, 0.717) is 31.9 Å². The molecule has 7 heteroatoms. The van der Waals surface area contributed by atoms with Crippen molar-refractivity contribution in [1.29, 1.82) is 0 Å². The summed E-state index contributed by atoms with van der Waals surface area (Å²) in [4.78, 5) is 13.9. The maximum absolute atomic E-state index is 12.4. The van der Waals surface area contributed by atoms with Gasteiger partial charge in [0.1, 0.15) is 0 Å². The number of alkyl halides is 3. The van der Waals surface area contributed by atoms with Crippen molar-refractivity contribution in [2.45, 2.75) is 6.18 Å². The molecule has 1 aromatic carbocycles. The third kappa shape index (κ3) is 3.10. The summed E-state index contributed by atoms with van der Waals surface area (Å²) in [5, 5.41) is 8.80. The molecule has 0 spiro atoms. The summed E-state index contributed by atoms with van der Waals surface area (Å²) < 4.78 is 37.2. The highest BCUT2D eigenvalue weighted by atomic mass is 19.4. The molecule has 0 aromatic heterocycles. The number of nitrogens with zero attached hydrogens (tertiary/aromatic N) is 2. The Morgan fingerprint density at radius 2 is 1.58 bits per heavy atom. The first-order valence-corrected chi connectivity index (χ1v) is 5.78. The van der Waals surface area contributed by atoms with Crippen LogP contribution in [0, 0.1) is 0 Å². The smallest absolute Gasteiger partial charge is 0.416 e. The lowest BCUT2D eigenvalue weighted by Crippen LogP contribution is -2.48. The second-order valence-corrected chi connectivity index (χ2v) is 4.30. The molecule has 1 aromatic rings. The van der Waals surface area contributed by atoms with E-state index in [-0.39, 0.29) is 0 Å². The van der Waals surface area contributed by atoms with Gasteiger partial charge in [-0.15, -0.1) is 0 Å². The van der Waals surface area contributed by atoms with Gasteiger partial charge in [0.15, 0.2) is 0 Å². The number of benzene rings is 1. The standard InChI is InChI=1S/C12H13F3N2O2/c13-12(14,15)9-1-3-10(4-2-9)16-5-7-17(8-6-16)11(18)19/h1-4H,5-8H2,(H,18,19). The van der Waals surface area contributed by atoms with Gasteiger partial charge in [-0.1, -0.05) is 0 Å². The van der Waals surface area contributed by atoms with Gasteiger partial charge < -0.3 is 14.9 Å². The molecular weight excluding hydrogens is 261 g/mol. The number of hydrogen-bond acceptors (Lipinski definition) is 2. The van der Waals surface area contributed by atoms with E-state index >= 15 is 0 Å². The molecule has 1 saturated heterocycles. The van der Waals surface area contributed by atoms with Gasteiger partial charge in [0, 0.05) is 31.9 Å². The second-order valence-electron chi connectivity index (χ2n) is 4.30. The van der Waals surface area contributed by atoms with Crippen molar-refractivity contribution in [3.8, 4) is 0 Å². The molecule has 0 unspecified atom stereocenters. The van der Waals surface area contributed by atoms with Gasteiger partial charge in [-0.05, 0) is 24.3 Å². The highest BCUT2D eigenvalue weighted by Crippen LogP contribution is 2.30. The lowest BCUT2D eigenvalue weighted by atomic mass is 10.1. The van der Waals surface area contributed by atoms with Gasteiger partial charge in [-0.3, -0.25) is 0 Å². The number of rotatable bonds is 1. The molecule has 104 valence electrons. The minimum atomic E-state index is -4.33. The van der Waals surface area contributed by atoms with Crippen LogP contribution >= 0.6 is 0 Å². The summed E-state index contributed by atoms with van der Waals surface area (Å²) in [6.07, 6.45) is -5.30. The first-order chi connectivity index (χ1) is 8.88. The van der Waals surface area contributed by atoms with Crippen LogP contribution in [-0.4, -0.2) is 42.3 Å². The van der Waals surface area contributed by atoms with Crippen LogP contribution in [-0.2, 0) is 6.18 Å². The molecule has 2 rings (SSSR count). The van der Waals surface area contributed by atoms with E-state index in [0.717, 1.165) is 12.1 Å². The summed E-state index contributed by atoms with van der Waals surface area (Å²) >= 11 is 0. The lowest BCUT2D eigenvalue weighted by Gasteiger charge is -2.34. The molecule has 0 aliphatic carbocycles.